The van der Waals surface area contributed by atoms with Gasteiger partial charge >= 0.3 is 0 Å². The molecule has 0 bridgehead atoms. The van der Waals surface area contributed by atoms with Gasteiger partial charge in [0.2, 0.25) is 0 Å². The van der Waals surface area contributed by atoms with Crippen molar-refractivity contribution in [1.82, 2.24) is 4.90 Å². The molecule has 1 atom stereocenters. The number of nitrogens with zero attached hydrogens (tertiary/aromatic N) is 1. The average molecular weight is 353 g/mol. The van der Waals surface area contributed by atoms with E-state index >= 15 is 0 Å². The fraction of sp³-hybridized carbons (Fsp3) is 0.125. The van der Waals surface area contributed by atoms with Gasteiger partial charge in [-0.1, -0.05) is 84.9 Å². The van der Waals surface area contributed by atoms with Crippen LogP contribution >= 0.6 is 0 Å². The molecule has 0 saturated carbocycles. The lowest BCUT2D eigenvalue weighted by molar-refractivity contribution is -0.142. The first-order chi connectivity index (χ1) is 13.2. The van der Waals surface area contributed by atoms with Crippen LogP contribution in [0.3, 0.4) is 0 Å². The highest BCUT2D eigenvalue weighted by molar-refractivity contribution is 6.31. The summed E-state index contributed by atoms with van der Waals surface area (Å²) in [6.07, 6.45) is 0.744. The molecule has 0 fully saturated rings. The zero-order valence-electron chi connectivity index (χ0n) is 14.8. The van der Waals surface area contributed by atoms with Gasteiger partial charge in [0, 0.05) is 17.7 Å². The van der Waals surface area contributed by atoms with Crippen molar-refractivity contribution in [3.05, 3.63) is 107 Å². The fourth-order valence-electron chi connectivity index (χ4n) is 4.38. The predicted octanol–water partition coefficient (Wildman–Crippen LogP) is 3.84. The van der Waals surface area contributed by atoms with Crippen LogP contribution in [0.2, 0.25) is 0 Å². The van der Waals surface area contributed by atoms with Crippen molar-refractivity contribution in [1.29, 1.82) is 0 Å². The van der Waals surface area contributed by atoms with Gasteiger partial charge < -0.3 is 10.0 Å². The maximum atomic E-state index is 13.4. The second-order valence-corrected chi connectivity index (χ2v) is 7.02. The lowest BCUT2D eigenvalue weighted by atomic mass is 9.82. The fourth-order valence-corrected chi connectivity index (χ4v) is 4.38. The van der Waals surface area contributed by atoms with Crippen molar-refractivity contribution in [2.24, 2.45) is 0 Å². The number of fused-ring (bicyclic) bond motifs is 3. The quantitative estimate of drug-likeness (QED) is 0.760. The summed E-state index contributed by atoms with van der Waals surface area (Å²) in [5.41, 5.74) is 3.40. The van der Waals surface area contributed by atoms with Gasteiger partial charge in [-0.3, -0.25) is 4.79 Å². The smallest absolute Gasteiger partial charge is 0.257 e. The van der Waals surface area contributed by atoms with Crippen molar-refractivity contribution in [3.63, 3.8) is 0 Å². The summed E-state index contributed by atoms with van der Waals surface area (Å²) in [4.78, 5) is 15.1. The molecule has 5 rings (SSSR count). The highest BCUT2D eigenvalue weighted by atomic mass is 16.3. The summed E-state index contributed by atoms with van der Waals surface area (Å²) in [5.74, 6) is -0.114. The Morgan fingerprint density at radius 3 is 2.07 bits per heavy atom. The molecule has 0 aliphatic carbocycles. The highest BCUT2D eigenvalue weighted by Crippen LogP contribution is 2.52. The van der Waals surface area contributed by atoms with Crippen LogP contribution < -0.4 is 0 Å². The van der Waals surface area contributed by atoms with Crippen molar-refractivity contribution >= 4 is 17.1 Å². The first-order valence-electron chi connectivity index (χ1n) is 9.19. The molecule has 3 aromatic carbocycles. The summed E-state index contributed by atoms with van der Waals surface area (Å²) in [7, 11) is 0. The minimum atomic E-state index is -1.45. The van der Waals surface area contributed by atoms with Crippen molar-refractivity contribution < 1.29 is 9.90 Å². The third kappa shape index (κ3) is 2.22. The van der Waals surface area contributed by atoms with E-state index in [9.17, 15) is 9.90 Å². The number of rotatable bonds is 2. The Kier molecular flexibility index (Phi) is 3.52. The number of hydrogen-bond acceptors (Lipinski definition) is 2. The second kappa shape index (κ2) is 5.93. The van der Waals surface area contributed by atoms with Crippen LogP contribution in [0.15, 0.2) is 84.9 Å². The molecular formula is C24H19NO2. The van der Waals surface area contributed by atoms with Gasteiger partial charge in [0.15, 0.2) is 5.72 Å². The molecule has 3 heteroatoms. The first kappa shape index (κ1) is 16.0. The molecule has 0 aromatic heterocycles. The van der Waals surface area contributed by atoms with Gasteiger partial charge in [-0.2, -0.15) is 0 Å². The minimum Gasteiger partial charge on any atom is -0.363 e. The normalized spacial score (nSPS) is 21.2. The molecular weight excluding hydrogens is 334 g/mol. The molecule has 2 aliphatic rings. The lowest BCUT2D eigenvalue weighted by Crippen LogP contribution is -2.49. The molecule has 27 heavy (non-hydrogen) atoms. The summed E-state index contributed by atoms with van der Waals surface area (Å²) < 4.78 is 0. The largest absolute Gasteiger partial charge is 0.363 e. The molecule has 0 radical (unpaired) electrons. The summed E-state index contributed by atoms with van der Waals surface area (Å²) in [6.45, 7) is 0.499. The lowest BCUT2D eigenvalue weighted by Gasteiger charge is -2.41. The van der Waals surface area contributed by atoms with E-state index in [1.807, 2.05) is 84.9 Å². The van der Waals surface area contributed by atoms with Crippen LogP contribution in [0.25, 0.3) is 11.1 Å². The van der Waals surface area contributed by atoms with Crippen molar-refractivity contribution in [3.8, 4) is 0 Å². The van der Waals surface area contributed by atoms with E-state index in [1.54, 1.807) is 4.90 Å². The second-order valence-electron chi connectivity index (χ2n) is 7.02. The Bertz CT molecular complexity index is 1060. The van der Waals surface area contributed by atoms with Crippen molar-refractivity contribution in [2.45, 2.75) is 12.1 Å². The molecule has 132 valence electrons. The van der Waals surface area contributed by atoms with Gasteiger partial charge in [-0.25, -0.2) is 0 Å². The van der Waals surface area contributed by atoms with Gasteiger partial charge in [0.25, 0.3) is 5.91 Å². The third-order valence-corrected chi connectivity index (χ3v) is 5.57. The standard InChI is InChI=1S/C24H19NO2/c26-23-21(18-10-3-1-4-11-18)22(19-12-5-2-6-13-19)24(27)20-14-8-7-9-17(20)15-16-25(23)24/h1-14,27H,15-16H2/t24-/m0/s1. The average Bonchev–Trinajstić information content (AvgIpc) is 2.97. The van der Waals surface area contributed by atoms with Crippen LogP contribution in [0, 0.1) is 0 Å². The monoisotopic (exact) mass is 353 g/mol. The van der Waals surface area contributed by atoms with Gasteiger partial charge in [0.1, 0.15) is 0 Å². The first-order valence-corrected chi connectivity index (χ1v) is 9.19. The molecule has 2 aliphatic heterocycles. The molecule has 1 amide bonds. The Morgan fingerprint density at radius 2 is 1.37 bits per heavy atom. The molecule has 2 heterocycles. The van der Waals surface area contributed by atoms with E-state index in [4.69, 9.17) is 0 Å². The molecule has 3 nitrogen and oxygen atoms in total. The summed E-state index contributed by atoms with van der Waals surface area (Å²) in [5, 5.41) is 12.0. The van der Waals surface area contributed by atoms with E-state index in [-0.39, 0.29) is 5.91 Å². The van der Waals surface area contributed by atoms with Crippen LogP contribution in [0.1, 0.15) is 22.3 Å². The number of hydrogen-bond donors (Lipinski definition) is 1. The minimum absolute atomic E-state index is 0.114. The molecule has 0 spiro atoms. The molecule has 3 aromatic rings. The highest BCUT2D eigenvalue weighted by Gasteiger charge is 2.54. The van der Waals surface area contributed by atoms with E-state index < -0.39 is 5.72 Å². The Labute approximate surface area is 158 Å². The third-order valence-electron chi connectivity index (χ3n) is 5.57. The molecule has 1 N–H and O–H groups in total. The zero-order chi connectivity index (χ0) is 18.4. The van der Waals surface area contributed by atoms with Gasteiger partial charge in [-0.15, -0.1) is 0 Å². The topological polar surface area (TPSA) is 40.5 Å². The number of amides is 1. The molecule has 0 saturated heterocycles. The summed E-state index contributed by atoms with van der Waals surface area (Å²) >= 11 is 0. The number of benzene rings is 3. The predicted molar refractivity (Wildman–Crippen MR) is 105 cm³/mol. The van der Waals surface area contributed by atoms with Gasteiger partial charge in [0.05, 0.1) is 5.57 Å². The Balaban J connectivity index is 1.86. The van der Waals surface area contributed by atoms with Crippen LogP contribution in [0.4, 0.5) is 0 Å². The van der Waals surface area contributed by atoms with E-state index in [2.05, 4.69) is 0 Å². The zero-order valence-corrected chi connectivity index (χ0v) is 14.8. The van der Waals surface area contributed by atoms with E-state index in [1.165, 1.54) is 0 Å². The van der Waals surface area contributed by atoms with Crippen LogP contribution in [-0.2, 0) is 16.9 Å². The Hall–Kier alpha value is -3.17. The van der Waals surface area contributed by atoms with Gasteiger partial charge in [-0.05, 0) is 23.1 Å². The maximum Gasteiger partial charge on any atom is 0.257 e. The summed E-state index contributed by atoms with van der Waals surface area (Å²) in [6, 6.07) is 27.3. The SMILES string of the molecule is O=C1C(c2ccccc2)=C(c2ccccc2)[C@@]2(O)c3ccccc3CCN12. The van der Waals surface area contributed by atoms with Crippen LogP contribution in [0.5, 0.6) is 0 Å². The number of carbonyl (C=O) groups is 1. The number of carbonyl (C=O) groups excluding carboxylic acids is 1. The van der Waals surface area contributed by atoms with Crippen molar-refractivity contribution in [2.75, 3.05) is 6.54 Å². The Morgan fingerprint density at radius 1 is 0.778 bits per heavy atom. The number of aliphatic hydroxyl groups is 1. The molecule has 0 unspecified atom stereocenters. The maximum absolute atomic E-state index is 13.4. The van der Waals surface area contributed by atoms with E-state index in [0.29, 0.717) is 17.7 Å². The van der Waals surface area contributed by atoms with E-state index in [0.717, 1.165) is 28.7 Å². The van der Waals surface area contributed by atoms with Crippen LogP contribution in [-0.4, -0.2) is 22.5 Å².